The van der Waals surface area contributed by atoms with Crippen LogP contribution in [0.25, 0.3) is 5.82 Å². The van der Waals surface area contributed by atoms with Gasteiger partial charge in [-0.3, -0.25) is 9.36 Å². The number of nitrogens with zero attached hydrogens (tertiary/aromatic N) is 5. The minimum absolute atomic E-state index is 0.249. The molecule has 1 aliphatic heterocycles. The first-order valence-corrected chi connectivity index (χ1v) is 9.40. The predicted octanol–water partition coefficient (Wildman–Crippen LogP) is 1.77. The highest BCUT2D eigenvalue weighted by atomic mass is 16.5. The van der Waals surface area contributed by atoms with E-state index in [9.17, 15) is 4.79 Å². The number of imidazole rings is 1. The van der Waals surface area contributed by atoms with E-state index in [-0.39, 0.29) is 11.6 Å². The van der Waals surface area contributed by atoms with Gasteiger partial charge in [0.25, 0.3) is 5.91 Å². The van der Waals surface area contributed by atoms with Gasteiger partial charge in [-0.15, -0.1) is 0 Å². The van der Waals surface area contributed by atoms with Gasteiger partial charge in [0.1, 0.15) is 41.5 Å². The summed E-state index contributed by atoms with van der Waals surface area (Å²) in [6.07, 6.45) is 4.67. The Morgan fingerprint density at radius 3 is 2.63 bits per heavy atom. The minimum Gasteiger partial charge on any atom is -0.497 e. The number of rotatable bonds is 6. The lowest BCUT2D eigenvalue weighted by Crippen LogP contribution is -2.36. The van der Waals surface area contributed by atoms with Crippen LogP contribution in [0.3, 0.4) is 0 Å². The van der Waals surface area contributed by atoms with Gasteiger partial charge in [-0.05, 0) is 12.1 Å². The number of aromatic nitrogens is 4. The Morgan fingerprint density at radius 1 is 1.07 bits per heavy atom. The quantitative estimate of drug-likeness (QED) is 0.656. The molecular weight excluding hydrogens is 388 g/mol. The molecule has 30 heavy (non-hydrogen) atoms. The Hall–Kier alpha value is -3.66. The SMILES string of the molecule is COc1ccc(NC(=O)c2cn(-c3cc(N4CCOCC4)ncn3)cn2)c(OC)c1. The lowest BCUT2D eigenvalue weighted by atomic mass is 10.2. The second-order valence-corrected chi connectivity index (χ2v) is 6.52. The maximum atomic E-state index is 12.7. The van der Waals surface area contributed by atoms with Gasteiger partial charge >= 0.3 is 0 Å². The number of morpholine rings is 1. The smallest absolute Gasteiger partial charge is 0.275 e. The van der Waals surface area contributed by atoms with Crippen molar-refractivity contribution in [1.29, 1.82) is 0 Å². The molecule has 3 heterocycles. The number of carbonyl (C=O) groups is 1. The van der Waals surface area contributed by atoms with Gasteiger partial charge in [0.2, 0.25) is 0 Å². The van der Waals surface area contributed by atoms with Crippen molar-refractivity contribution in [1.82, 2.24) is 19.5 Å². The first kappa shape index (κ1) is 19.6. The van der Waals surface area contributed by atoms with Crippen molar-refractivity contribution >= 4 is 17.4 Å². The molecular formula is C20H22N6O4. The van der Waals surface area contributed by atoms with E-state index in [0.717, 1.165) is 18.9 Å². The number of hydrogen-bond donors (Lipinski definition) is 1. The summed E-state index contributed by atoms with van der Waals surface area (Å²) in [5, 5.41) is 2.81. The number of benzene rings is 1. The van der Waals surface area contributed by atoms with E-state index >= 15 is 0 Å². The van der Waals surface area contributed by atoms with Crippen molar-refractivity contribution in [3.63, 3.8) is 0 Å². The van der Waals surface area contributed by atoms with E-state index < -0.39 is 0 Å². The summed E-state index contributed by atoms with van der Waals surface area (Å²) >= 11 is 0. The van der Waals surface area contributed by atoms with Crippen LogP contribution in [0, 0.1) is 0 Å². The molecule has 0 saturated carbocycles. The molecule has 4 rings (SSSR count). The molecule has 0 atom stereocenters. The number of anilines is 2. The number of nitrogens with one attached hydrogen (secondary N) is 1. The van der Waals surface area contributed by atoms with Crippen molar-refractivity contribution < 1.29 is 19.0 Å². The van der Waals surface area contributed by atoms with Crippen molar-refractivity contribution in [3.8, 4) is 17.3 Å². The van der Waals surface area contributed by atoms with Gasteiger partial charge in [0.15, 0.2) is 0 Å². The van der Waals surface area contributed by atoms with Gasteiger partial charge < -0.3 is 24.4 Å². The van der Waals surface area contributed by atoms with Crippen LogP contribution < -0.4 is 19.7 Å². The van der Waals surface area contributed by atoms with E-state index in [1.807, 2.05) is 6.07 Å². The fraction of sp³-hybridized carbons (Fsp3) is 0.300. The molecule has 0 unspecified atom stereocenters. The lowest BCUT2D eigenvalue weighted by Gasteiger charge is -2.27. The third kappa shape index (κ3) is 4.18. The predicted molar refractivity (Wildman–Crippen MR) is 110 cm³/mol. The molecule has 0 spiro atoms. The molecule has 1 fully saturated rings. The summed E-state index contributed by atoms with van der Waals surface area (Å²) in [7, 11) is 3.09. The molecule has 10 heteroatoms. The number of carbonyl (C=O) groups excluding carboxylic acids is 1. The monoisotopic (exact) mass is 410 g/mol. The van der Waals surface area contributed by atoms with Gasteiger partial charge in [-0.25, -0.2) is 15.0 Å². The van der Waals surface area contributed by atoms with Crippen molar-refractivity contribution in [2.75, 3.05) is 50.7 Å². The van der Waals surface area contributed by atoms with Crippen LogP contribution in [0.5, 0.6) is 11.5 Å². The van der Waals surface area contributed by atoms with Crippen LogP contribution in [0.2, 0.25) is 0 Å². The fourth-order valence-corrected chi connectivity index (χ4v) is 3.10. The molecule has 1 saturated heterocycles. The second kappa shape index (κ2) is 8.78. The summed E-state index contributed by atoms with van der Waals surface area (Å²) < 4.78 is 17.6. The summed E-state index contributed by atoms with van der Waals surface area (Å²) in [6.45, 7) is 2.89. The van der Waals surface area contributed by atoms with E-state index in [1.54, 1.807) is 42.4 Å². The zero-order valence-electron chi connectivity index (χ0n) is 16.7. The van der Waals surface area contributed by atoms with Crippen LogP contribution in [0.1, 0.15) is 10.5 Å². The van der Waals surface area contributed by atoms with E-state index in [1.165, 1.54) is 13.4 Å². The Balaban J connectivity index is 1.51. The molecule has 0 radical (unpaired) electrons. The molecule has 1 aliphatic rings. The Labute approximate surface area is 173 Å². The molecule has 156 valence electrons. The normalized spacial score (nSPS) is 13.7. The van der Waals surface area contributed by atoms with E-state index in [2.05, 4.69) is 25.2 Å². The summed E-state index contributed by atoms with van der Waals surface area (Å²) in [5.41, 5.74) is 0.772. The molecule has 10 nitrogen and oxygen atoms in total. The molecule has 3 aromatic rings. The first-order chi connectivity index (χ1) is 14.7. The third-order valence-corrected chi connectivity index (χ3v) is 4.71. The van der Waals surface area contributed by atoms with Crippen LogP contribution in [0.4, 0.5) is 11.5 Å². The van der Waals surface area contributed by atoms with E-state index in [0.29, 0.717) is 36.2 Å². The zero-order chi connectivity index (χ0) is 20.9. The van der Waals surface area contributed by atoms with Crippen molar-refractivity contribution in [2.24, 2.45) is 0 Å². The highest BCUT2D eigenvalue weighted by Gasteiger charge is 2.16. The van der Waals surface area contributed by atoms with Crippen molar-refractivity contribution in [3.05, 3.63) is 48.8 Å². The Bertz CT molecular complexity index is 1030. The van der Waals surface area contributed by atoms with Crippen molar-refractivity contribution in [2.45, 2.75) is 0 Å². The Morgan fingerprint density at radius 2 is 1.87 bits per heavy atom. The van der Waals surface area contributed by atoms with Crippen LogP contribution in [-0.2, 0) is 4.74 Å². The Kier molecular flexibility index (Phi) is 5.75. The molecule has 2 aromatic heterocycles. The standard InChI is InChI=1S/C20H22N6O4/c1-28-14-3-4-15(17(9-14)29-2)24-20(27)16-11-26(13-23-16)19-10-18(21-12-22-19)25-5-7-30-8-6-25/h3-4,9-13H,5-8H2,1-2H3,(H,24,27). The van der Waals surface area contributed by atoms with Crippen LogP contribution in [0.15, 0.2) is 43.1 Å². The average Bonchev–Trinajstić information content (AvgIpc) is 3.30. The fourth-order valence-electron chi connectivity index (χ4n) is 3.10. The summed E-state index contributed by atoms with van der Waals surface area (Å²) in [4.78, 5) is 27.7. The third-order valence-electron chi connectivity index (χ3n) is 4.71. The summed E-state index contributed by atoms with van der Waals surface area (Å²) in [6, 6.07) is 7.01. The maximum Gasteiger partial charge on any atom is 0.275 e. The topological polar surface area (TPSA) is 104 Å². The molecule has 0 bridgehead atoms. The van der Waals surface area contributed by atoms with Gasteiger partial charge in [0.05, 0.1) is 33.1 Å². The molecule has 1 amide bonds. The highest BCUT2D eigenvalue weighted by molar-refractivity contribution is 6.03. The second-order valence-electron chi connectivity index (χ2n) is 6.52. The van der Waals surface area contributed by atoms with E-state index in [4.69, 9.17) is 14.2 Å². The highest BCUT2D eigenvalue weighted by Crippen LogP contribution is 2.29. The average molecular weight is 410 g/mol. The molecule has 1 N–H and O–H groups in total. The van der Waals surface area contributed by atoms with Gasteiger partial charge in [-0.1, -0.05) is 0 Å². The number of ether oxygens (including phenoxy) is 3. The van der Waals surface area contributed by atoms with Gasteiger partial charge in [-0.2, -0.15) is 0 Å². The lowest BCUT2D eigenvalue weighted by molar-refractivity contribution is 0.102. The summed E-state index contributed by atoms with van der Waals surface area (Å²) in [5.74, 6) is 2.20. The largest absolute Gasteiger partial charge is 0.497 e. The maximum absolute atomic E-state index is 12.7. The number of amides is 1. The number of methoxy groups -OCH3 is 2. The van der Waals surface area contributed by atoms with Crippen LogP contribution >= 0.6 is 0 Å². The number of hydrogen-bond acceptors (Lipinski definition) is 8. The van der Waals surface area contributed by atoms with Gasteiger partial charge in [0, 0.05) is 31.4 Å². The molecule has 0 aliphatic carbocycles. The van der Waals surface area contributed by atoms with Crippen LogP contribution in [-0.4, -0.2) is 65.9 Å². The zero-order valence-corrected chi connectivity index (χ0v) is 16.7. The molecule has 1 aromatic carbocycles. The first-order valence-electron chi connectivity index (χ1n) is 9.40. The minimum atomic E-state index is -0.361.